The number of nitrogens with zero attached hydrogens (tertiary/aromatic N) is 6. The second-order valence-electron chi connectivity index (χ2n) is 8.94. The second kappa shape index (κ2) is 10.3. The minimum Gasteiger partial charge on any atom is -0.384 e. The van der Waals surface area contributed by atoms with Gasteiger partial charge in [-0.05, 0) is 57.4 Å². The third-order valence-electron chi connectivity index (χ3n) is 6.02. The summed E-state index contributed by atoms with van der Waals surface area (Å²) < 4.78 is 3.29. The molecular weight excluding hydrogens is 511 g/mol. The summed E-state index contributed by atoms with van der Waals surface area (Å²) in [4.78, 5) is 27.9. The molecular formula is C26H25Cl2N8O+. The van der Waals surface area contributed by atoms with E-state index in [0.717, 1.165) is 28.9 Å². The standard InChI is InChI=1S/C26H24Cl2N8O/c1-34(2)12-10-16-11-13-35(15-16)18-8-6-17(7-9-18)31-25-30-14-19-23(29)36(26(37)33-24(19)32-25)22-20(27)4-3-5-21(22)28/h3-9,11,13-16H,10,12H2,1-2H3,(H2-,29,30,31,32,33,37)/p+1. The van der Waals surface area contributed by atoms with Crippen molar-refractivity contribution in [3.63, 3.8) is 0 Å². The van der Waals surface area contributed by atoms with Gasteiger partial charge in [0, 0.05) is 24.0 Å². The molecule has 1 unspecified atom stereocenters. The summed E-state index contributed by atoms with van der Waals surface area (Å²) in [6, 6.07) is 12.8. The molecule has 9 nitrogen and oxygen atoms in total. The van der Waals surface area contributed by atoms with Crippen LogP contribution in [-0.4, -0.2) is 55.8 Å². The topological polar surface area (TPSA) is 105 Å². The summed E-state index contributed by atoms with van der Waals surface area (Å²) in [5.41, 5.74) is 7.93. The predicted molar refractivity (Wildman–Crippen MR) is 149 cm³/mol. The molecule has 0 saturated heterocycles. The number of nitrogen functional groups attached to an aromatic ring is 1. The Labute approximate surface area is 223 Å². The van der Waals surface area contributed by atoms with E-state index in [-0.39, 0.29) is 33.1 Å². The lowest BCUT2D eigenvalue weighted by Gasteiger charge is -2.14. The van der Waals surface area contributed by atoms with Gasteiger partial charge in [0.1, 0.15) is 5.82 Å². The number of allylic oxidation sites excluding steroid dienone is 1. The van der Waals surface area contributed by atoms with Crippen LogP contribution in [0.1, 0.15) is 6.42 Å². The highest BCUT2D eigenvalue weighted by Crippen LogP contribution is 2.30. The van der Waals surface area contributed by atoms with Crippen molar-refractivity contribution in [1.82, 2.24) is 24.4 Å². The Kier molecular flexibility index (Phi) is 6.92. The average molecular weight is 536 g/mol. The van der Waals surface area contributed by atoms with Crippen molar-refractivity contribution in [2.75, 3.05) is 31.7 Å². The SMILES string of the molecule is CN(C)CCC1C=C[N+](c2ccc(Nc3ncc4c(N)n(-c5c(Cl)cccc5Cl)c(=O)nc4n3)cc2)=C1. The first-order chi connectivity index (χ1) is 17.8. The molecule has 0 saturated carbocycles. The Hall–Kier alpha value is -3.79. The van der Waals surface area contributed by atoms with Gasteiger partial charge in [-0.1, -0.05) is 29.3 Å². The maximum Gasteiger partial charge on any atom is 0.355 e. The number of para-hydroxylation sites is 1. The first-order valence-electron chi connectivity index (χ1n) is 11.6. The fourth-order valence-electron chi connectivity index (χ4n) is 4.09. The minimum atomic E-state index is -0.646. The molecule has 3 heterocycles. The predicted octanol–water partition coefficient (Wildman–Crippen LogP) is 4.62. The van der Waals surface area contributed by atoms with Crippen LogP contribution in [0.2, 0.25) is 10.0 Å². The third kappa shape index (κ3) is 5.20. The maximum atomic E-state index is 12.8. The lowest BCUT2D eigenvalue weighted by atomic mass is 10.1. The van der Waals surface area contributed by atoms with Crippen molar-refractivity contribution in [3.05, 3.63) is 81.5 Å². The zero-order valence-corrected chi connectivity index (χ0v) is 21.8. The van der Waals surface area contributed by atoms with Crippen LogP contribution in [0, 0.1) is 5.92 Å². The van der Waals surface area contributed by atoms with Crippen LogP contribution in [-0.2, 0) is 0 Å². The number of hydrogen-bond acceptors (Lipinski definition) is 7. The van der Waals surface area contributed by atoms with Gasteiger partial charge in [-0.15, -0.1) is 0 Å². The molecule has 3 N–H and O–H groups in total. The van der Waals surface area contributed by atoms with Crippen molar-refractivity contribution in [2.45, 2.75) is 6.42 Å². The monoisotopic (exact) mass is 535 g/mol. The van der Waals surface area contributed by atoms with E-state index in [0.29, 0.717) is 11.3 Å². The number of hydrogen-bond donors (Lipinski definition) is 2. The molecule has 0 bridgehead atoms. The van der Waals surface area contributed by atoms with E-state index in [1.54, 1.807) is 18.2 Å². The van der Waals surface area contributed by atoms with Crippen molar-refractivity contribution in [1.29, 1.82) is 0 Å². The number of anilines is 3. The maximum absolute atomic E-state index is 12.8. The molecule has 0 fully saturated rings. The van der Waals surface area contributed by atoms with E-state index >= 15 is 0 Å². The summed E-state index contributed by atoms with van der Waals surface area (Å²) in [6.45, 7) is 1.04. The van der Waals surface area contributed by atoms with Gasteiger partial charge in [-0.3, -0.25) is 0 Å². The molecule has 5 rings (SSSR count). The Morgan fingerprint density at radius 1 is 1.11 bits per heavy atom. The van der Waals surface area contributed by atoms with Gasteiger partial charge in [0.15, 0.2) is 18.1 Å². The van der Waals surface area contributed by atoms with E-state index < -0.39 is 5.69 Å². The second-order valence-corrected chi connectivity index (χ2v) is 9.76. The number of benzene rings is 2. The Morgan fingerprint density at radius 2 is 1.84 bits per heavy atom. The van der Waals surface area contributed by atoms with Gasteiger partial charge >= 0.3 is 5.69 Å². The van der Waals surface area contributed by atoms with E-state index in [2.05, 4.69) is 62.3 Å². The summed E-state index contributed by atoms with van der Waals surface area (Å²) in [6.07, 6.45) is 9.11. The average Bonchev–Trinajstić information content (AvgIpc) is 3.34. The van der Waals surface area contributed by atoms with Crippen LogP contribution in [0.15, 0.2) is 65.7 Å². The fourth-order valence-corrected chi connectivity index (χ4v) is 4.65. The van der Waals surface area contributed by atoms with Crippen LogP contribution in [0.5, 0.6) is 0 Å². The highest BCUT2D eigenvalue weighted by Gasteiger charge is 2.19. The van der Waals surface area contributed by atoms with Gasteiger partial charge in [0.2, 0.25) is 11.6 Å². The molecule has 0 spiro atoms. The minimum absolute atomic E-state index is 0.0970. The lowest BCUT2D eigenvalue weighted by Crippen LogP contribution is -2.25. The van der Waals surface area contributed by atoms with E-state index in [4.69, 9.17) is 28.9 Å². The number of nitrogens with one attached hydrogen (secondary N) is 1. The van der Waals surface area contributed by atoms with Crippen molar-refractivity contribution in [2.24, 2.45) is 5.92 Å². The number of rotatable bonds is 7. The molecule has 2 aromatic heterocycles. The Bertz CT molecular complexity index is 1570. The van der Waals surface area contributed by atoms with Gasteiger partial charge in [-0.25, -0.2) is 14.3 Å². The molecule has 0 aliphatic carbocycles. The molecule has 4 aromatic rings. The van der Waals surface area contributed by atoms with Gasteiger partial charge < -0.3 is 16.0 Å². The quantitative estimate of drug-likeness (QED) is 0.332. The fraction of sp³-hybridized carbons (Fsp3) is 0.192. The molecule has 1 aliphatic heterocycles. The molecule has 0 radical (unpaired) electrons. The number of fused-ring (bicyclic) bond motifs is 1. The lowest BCUT2D eigenvalue weighted by molar-refractivity contribution is -0.351. The third-order valence-corrected chi connectivity index (χ3v) is 6.63. The van der Waals surface area contributed by atoms with Crippen molar-refractivity contribution >= 4 is 63.6 Å². The smallest absolute Gasteiger partial charge is 0.355 e. The normalized spacial score (nSPS) is 14.9. The summed E-state index contributed by atoms with van der Waals surface area (Å²) >= 11 is 12.6. The molecule has 0 amide bonds. The summed E-state index contributed by atoms with van der Waals surface area (Å²) in [5.74, 6) is 0.806. The largest absolute Gasteiger partial charge is 0.384 e. The first kappa shape index (κ1) is 24.9. The van der Waals surface area contributed by atoms with Gasteiger partial charge in [0.05, 0.1) is 27.0 Å². The molecule has 2 aromatic carbocycles. The first-order valence-corrected chi connectivity index (χ1v) is 12.4. The van der Waals surface area contributed by atoms with Crippen LogP contribution in [0.25, 0.3) is 16.7 Å². The summed E-state index contributed by atoms with van der Waals surface area (Å²) in [5, 5.41) is 4.10. The van der Waals surface area contributed by atoms with Crippen molar-refractivity contribution < 1.29 is 4.58 Å². The number of nitrogens with two attached hydrogens (primary N) is 1. The number of halogens is 2. The Morgan fingerprint density at radius 3 is 2.54 bits per heavy atom. The highest BCUT2D eigenvalue weighted by molar-refractivity contribution is 6.37. The van der Waals surface area contributed by atoms with Crippen LogP contribution in [0.3, 0.4) is 0 Å². The van der Waals surface area contributed by atoms with Gasteiger partial charge in [-0.2, -0.15) is 14.5 Å². The zero-order valence-electron chi connectivity index (χ0n) is 20.3. The van der Waals surface area contributed by atoms with Crippen LogP contribution >= 0.6 is 23.2 Å². The van der Waals surface area contributed by atoms with Gasteiger partial charge in [0.25, 0.3) is 0 Å². The molecule has 37 heavy (non-hydrogen) atoms. The highest BCUT2D eigenvalue weighted by atomic mass is 35.5. The van der Waals surface area contributed by atoms with E-state index in [9.17, 15) is 4.79 Å². The van der Waals surface area contributed by atoms with Crippen LogP contribution < -0.4 is 16.7 Å². The van der Waals surface area contributed by atoms with Crippen LogP contribution in [0.4, 0.5) is 23.1 Å². The zero-order chi connectivity index (χ0) is 26.1. The van der Waals surface area contributed by atoms with E-state index in [1.807, 2.05) is 24.3 Å². The summed E-state index contributed by atoms with van der Waals surface area (Å²) in [7, 11) is 4.16. The Balaban J connectivity index is 1.37. The molecule has 188 valence electrons. The molecule has 1 atom stereocenters. The number of aromatic nitrogens is 4. The van der Waals surface area contributed by atoms with Crippen molar-refractivity contribution in [3.8, 4) is 5.69 Å². The molecule has 11 heteroatoms. The molecule has 1 aliphatic rings. The van der Waals surface area contributed by atoms with E-state index in [1.165, 1.54) is 6.20 Å².